The summed E-state index contributed by atoms with van der Waals surface area (Å²) in [5.74, 6) is 0.0779. The second kappa shape index (κ2) is 8.04. The van der Waals surface area contributed by atoms with Crippen LogP contribution in [0, 0.1) is 5.92 Å². The first kappa shape index (κ1) is 19.1. The summed E-state index contributed by atoms with van der Waals surface area (Å²) < 4.78 is 24.9. The van der Waals surface area contributed by atoms with Gasteiger partial charge in [-0.1, -0.05) is 37.0 Å². The van der Waals surface area contributed by atoms with E-state index < -0.39 is 10.0 Å². The van der Waals surface area contributed by atoms with Crippen molar-refractivity contribution in [3.63, 3.8) is 0 Å². The van der Waals surface area contributed by atoms with Gasteiger partial charge in [0.2, 0.25) is 15.9 Å². The summed E-state index contributed by atoms with van der Waals surface area (Å²) in [5, 5.41) is 3.27. The minimum absolute atomic E-state index is 0.174. The van der Waals surface area contributed by atoms with Crippen LogP contribution in [-0.2, 0) is 14.8 Å². The van der Waals surface area contributed by atoms with Gasteiger partial charge in [-0.3, -0.25) is 9.10 Å². The molecule has 0 saturated carbocycles. The number of amides is 1. The number of rotatable bonds is 7. The molecule has 1 N–H and O–H groups in total. The van der Waals surface area contributed by atoms with E-state index in [1.807, 2.05) is 13.8 Å². The van der Waals surface area contributed by atoms with Crippen LogP contribution in [0.15, 0.2) is 18.2 Å². The van der Waals surface area contributed by atoms with E-state index in [1.165, 1.54) is 18.2 Å². The molecular weight excluding hydrogens is 347 g/mol. The highest BCUT2D eigenvalue weighted by Crippen LogP contribution is 2.30. The SMILES string of the molecule is CC(C)CCNC(=O)CN(c1ccc(Cl)cc1Cl)S(C)(=O)=O. The maximum Gasteiger partial charge on any atom is 0.240 e. The first-order valence-electron chi connectivity index (χ1n) is 6.80. The van der Waals surface area contributed by atoms with Crippen LogP contribution in [0.4, 0.5) is 5.69 Å². The van der Waals surface area contributed by atoms with Gasteiger partial charge < -0.3 is 5.32 Å². The lowest BCUT2D eigenvalue weighted by atomic mass is 10.1. The van der Waals surface area contributed by atoms with E-state index in [0.29, 0.717) is 17.5 Å². The van der Waals surface area contributed by atoms with Gasteiger partial charge in [-0.2, -0.15) is 0 Å². The van der Waals surface area contributed by atoms with E-state index in [9.17, 15) is 13.2 Å². The van der Waals surface area contributed by atoms with E-state index in [2.05, 4.69) is 5.32 Å². The van der Waals surface area contributed by atoms with E-state index in [4.69, 9.17) is 23.2 Å². The molecule has 0 heterocycles. The predicted octanol–water partition coefficient (Wildman–Crippen LogP) is 2.92. The topological polar surface area (TPSA) is 66.5 Å². The van der Waals surface area contributed by atoms with Crippen molar-refractivity contribution in [3.8, 4) is 0 Å². The van der Waals surface area contributed by atoms with Crippen molar-refractivity contribution < 1.29 is 13.2 Å². The average molecular weight is 367 g/mol. The van der Waals surface area contributed by atoms with Gasteiger partial charge in [-0.25, -0.2) is 8.42 Å². The lowest BCUT2D eigenvalue weighted by molar-refractivity contribution is -0.119. The van der Waals surface area contributed by atoms with Gasteiger partial charge in [0.1, 0.15) is 6.54 Å². The molecule has 1 aromatic rings. The third kappa shape index (κ3) is 6.02. The Morgan fingerprint density at radius 2 is 1.95 bits per heavy atom. The van der Waals surface area contributed by atoms with Crippen LogP contribution >= 0.6 is 23.2 Å². The Bertz CT molecular complexity index is 633. The number of carbonyl (C=O) groups excluding carboxylic acids is 1. The van der Waals surface area contributed by atoms with Crippen LogP contribution in [-0.4, -0.2) is 33.7 Å². The van der Waals surface area contributed by atoms with Crippen LogP contribution in [0.25, 0.3) is 0 Å². The number of hydrogen-bond donors (Lipinski definition) is 1. The molecule has 1 aromatic carbocycles. The van der Waals surface area contributed by atoms with Crippen molar-refractivity contribution in [2.45, 2.75) is 20.3 Å². The monoisotopic (exact) mass is 366 g/mol. The minimum atomic E-state index is -3.64. The average Bonchev–Trinajstić information content (AvgIpc) is 2.35. The summed E-state index contributed by atoms with van der Waals surface area (Å²) >= 11 is 11.8. The molecule has 0 aliphatic carbocycles. The zero-order valence-electron chi connectivity index (χ0n) is 12.8. The van der Waals surface area contributed by atoms with Crippen molar-refractivity contribution in [1.29, 1.82) is 0 Å². The van der Waals surface area contributed by atoms with Crippen LogP contribution in [0.5, 0.6) is 0 Å². The number of nitrogens with zero attached hydrogens (tertiary/aromatic N) is 1. The van der Waals surface area contributed by atoms with Gasteiger partial charge in [0.15, 0.2) is 0 Å². The lowest BCUT2D eigenvalue weighted by Gasteiger charge is -2.23. The van der Waals surface area contributed by atoms with Crippen molar-refractivity contribution in [3.05, 3.63) is 28.2 Å². The molecule has 0 bridgehead atoms. The highest BCUT2D eigenvalue weighted by Gasteiger charge is 2.23. The molecule has 0 atom stereocenters. The number of benzene rings is 1. The third-order valence-corrected chi connectivity index (χ3v) is 4.57. The highest BCUT2D eigenvalue weighted by atomic mass is 35.5. The van der Waals surface area contributed by atoms with Crippen molar-refractivity contribution >= 4 is 44.8 Å². The van der Waals surface area contributed by atoms with E-state index in [0.717, 1.165) is 17.0 Å². The number of nitrogens with one attached hydrogen (secondary N) is 1. The molecule has 0 radical (unpaired) electrons. The van der Waals surface area contributed by atoms with Gasteiger partial charge >= 0.3 is 0 Å². The van der Waals surface area contributed by atoms with Crippen LogP contribution < -0.4 is 9.62 Å². The van der Waals surface area contributed by atoms with E-state index in [-0.39, 0.29) is 23.2 Å². The Hall–Kier alpha value is -0.980. The molecule has 5 nitrogen and oxygen atoms in total. The number of anilines is 1. The standard InChI is InChI=1S/C14H20Cl2N2O3S/c1-10(2)6-7-17-14(19)9-18(22(3,20)21)13-5-4-11(15)8-12(13)16/h4-5,8,10H,6-7,9H2,1-3H3,(H,17,19). The summed E-state index contributed by atoms with van der Waals surface area (Å²) in [7, 11) is -3.64. The second-order valence-corrected chi connectivity index (χ2v) is 8.15. The molecule has 0 spiro atoms. The summed E-state index contributed by atoms with van der Waals surface area (Å²) in [5.41, 5.74) is 0.229. The quantitative estimate of drug-likeness (QED) is 0.806. The fourth-order valence-corrected chi connectivity index (χ4v) is 3.18. The summed E-state index contributed by atoms with van der Waals surface area (Å²) in [6, 6.07) is 4.44. The number of hydrogen-bond acceptors (Lipinski definition) is 3. The number of carbonyl (C=O) groups is 1. The first-order chi connectivity index (χ1) is 10.1. The summed E-state index contributed by atoms with van der Waals surface area (Å²) in [4.78, 5) is 11.9. The van der Waals surface area contributed by atoms with Gasteiger partial charge in [0.05, 0.1) is 17.0 Å². The fourth-order valence-electron chi connectivity index (χ4n) is 1.75. The van der Waals surface area contributed by atoms with Crippen LogP contribution in [0.2, 0.25) is 10.0 Å². The van der Waals surface area contributed by atoms with Crippen LogP contribution in [0.3, 0.4) is 0 Å². The molecule has 1 amide bonds. The Morgan fingerprint density at radius 3 is 2.45 bits per heavy atom. The van der Waals surface area contributed by atoms with Gasteiger partial charge in [0, 0.05) is 11.6 Å². The fraction of sp³-hybridized carbons (Fsp3) is 0.500. The van der Waals surface area contributed by atoms with Gasteiger partial charge in [-0.05, 0) is 30.5 Å². The van der Waals surface area contributed by atoms with Crippen molar-refractivity contribution in [2.24, 2.45) is 5.92 Å². The Balaban J connectivity index is 2.89. The maximum absolute atomic E-state index is 11.9. The molecular formula is C14H20Cl2N2O3S. The molecule has 0 aliphatic heterocycles. The molecule has 0 saturated heterocycles. The molecule has 0 aromatic heterocycles. The van der Waals surface area contributed by atoms with E-state index >= 15 is 0 Å². The summed E-state index contributed by atoms with van der Waals surface area (Å²) in [6.45, 7) is 4.27. The Kier molecular flexibility index (Phi) is 6.97. The first-order valence-corrected chi connectivity index (χ1v) is 9.41. The smallest absolute Gasteiger partial charge is 0.240 e. The summed E-state index contributed by atoms with van der Waals surface area (Å²) in [6.07, 6.45) is 1.85. The van der Waals surface area contributed by atoms with Crippen molar-refractivity contribution in [2.75, 3.05) is 23.7 Å². The van der Waals surface area contributed by atoms with E-state index in [1.54, 1.807) is 0 Å². The van der Waals surface area contributed by atoms with Crippen LogP contribution in [0.1, 0.15) is 20.3 Å². The molecule has 124 valence electrons. The second-order valence-electron chi connectivity index (χ2n) is 5.40. The Morgan fingerprint density at radius 1 is 1.32 bits per heavy atom. The molecule has 0 unspecified atom stereocenters. The predicted molar refractivity (Wildman–Crippen MR) is 91.1 cm³/mol. The lowest BCUT2D eigenvalue weighted by Crippen LogP contribution is -2.41. The maximum atomic E-state index is 11.9. The molecule has 8 heteroatoms. The molecule has 0 aliphatic rings. The Labute approximate surface area is 141 Å². The highest BCUT2D eigenvalue weighted by molar-refractivity contribution is 7.92. The largest absolute Gasteiger partial charge is 0.355 e. The minimum Gasteiger partial charge on any atom is -0.355 e. The molecule has 1 rings (SSSR count). The number of halogens is 2. The zero-order valence-corrected chi connectivity index (χ0v) is 15.1. The van der Waals surface area contributed by atoms with Gasteiger partial charge in [-0.15, -0.1) is 0 Å². The normalized spacial score (nSPS) is 11.5. The zero-order chi connectivity index (χ0) is 16.9. The van der Waals surface area contributed by atoms with Gasteiger partial charge in [0.25, 0.3) is 0 Å². The third-order valence-electron chi connectivity index (χ3n) is 2.91. The van der Waals surface area contributed by atoms with Crippen molar-refractivity contribution in [1.82, 2.24) is 5.32 Å². The number of sulfonamides is 1. The molecule has 22 heavy (non-hydrogen) atoms. The molecule has 0 fully saturated rings.